The van der Waals surface area contributed by atoms with Crippen molar-refractivity contribution in [3.05, 3.63) is 0 Å². The summed E-state index contributed by atoms with van der Waals surface area (Å²) in [6.07, 6.45) is 42.5. The molecule has 3 unspecified atom stereocenters. The Bertz CT molecular complexity index is 399. The van der Waals surface area contributed by atoms with Gasteiger partial charge in [0.15, 0.2) is 0 Å². The van der Waals surface area contributed by atoms with E-state index in [1.165, 1.54) is 186 Å². The van der Waals surface area contributed by atoms with Crippen LogP contribution in [0.1, 0.15) is 221 Å². The summed E-state index contributed by atoms with van der Waals surface area (Å²) in [5.74, 6) is 2.85. The van der Waals surface area contributed by atoms with E-state index in [1.807, 2.05) is 0 Å². The van der Waals surface area contributed by atoms with Gasteiger partial charge < -0.3 is 0 Å². The van der Waals surface area contributed by atoms with Crippen molar-refractivity contribution >= 4 is 0 Å². The van der Waals surface area contributed by atoms with Gasteiger partial charge in [-0.2, -0.15) is 0 Å². The quantitative estimate of drug-likeness (QED) is 0.0797. The minimum absolute atomic E-state index is 0.943. The number of hydrogen-bond donors (Lipinski definition) is 0. The fourth-order valence-electron chi connectivity index (χ4n) is 6.20. The molecule has 0 nitrogen and oxygen atoms in total. The first-order valence-electron chi connectivity index (χ1n) is 18.1. The van der Waals surface area contributed by atoms with E-state index in [0.29, 0.717) is 0 Å². The molecule has 0 N–H and O–H groups in total. The number of rotatable bonds is 31. The van der Waals surface area contributed by atoms with Gasteiger partial charge in [0.25, 0.3) is 0 Å². The van der Waals surface area contributed by atoms with Crippen molar-refractivity contribution < 1.29 is 0 Å². The molecule has 0 amide bonds. The minimum Gasteiger partial charge on any atom is -0.0654 e. The summed E-state index contributed by atoms with van der Waals surface area (Å²) < 4.78 is 0. The first kappa shape index (κ1) is 37.0. The van der Waals surface area contributed by atoms with Crippen LogP contribution in [0.5, 0.6) is 0 Å². The maximum atomic E-state index is 2.52. The molecule has 0 saturated heterocycles. The van der Waals surface area contributed by atoms with Crippen LogP contribution >= 0.6 is 0 Å². The van der Waals surface area contributed by atoms with Crippen molar-refractivity contribution in [2.24, 2.45) is 17.8 Å². The second-order valence-corrected chi connectivity index (χ2v) is 13.5. The van der Waals surface area contributed by atoms with E-state index in [2.05, 4.69) is 34.6 Å². The van der Waals surface area contributed by atoms with Crippen LogP contribution in [0.2, 0.25) is 0 Å². The predicted octanol–water partition coefficient (Wildman–Crippen LogP) is 14.2. The minimum atomic E-state index is 0.943. The highest BCUT2D eigenvalue weighted by Crippen LogP contribution is 2.23. The SMILES string of the molecule is CCCCCCCCCCCCCC(C)CCCC(C)CCCC(C)CCCCCCCCCCCC. The van der Waals surface area contributed by atoms with Crippen molar-refractivity contribution in [2.45, 2.75) is 221 Å². The Morgan fingerprint density at radius 1 is 0.243 bits per heavy atom. The fourth-order valence-corrected chi connectivity index (χ4v) is 6.20. The Morgan fingerprint density at radius 3 is 0.676 bits per heavy atom. The monoisotopic (exact) mass is 521 g/mol. The number of hydrogen-bond acceptors (Lipinski definition) is 0. The molecule has 0 saturated carbocycles. The van der Waals surface area contributed by atoms with E-state index in [4.69, 9.17) is 0 Å². The third-order valence-electron chi connectivity index (χ3n) is 9.14. The molecule has 0 radical (unpaired) electrons. The summed E-state index contributed by atoms with van der Waals surface area (Å²) in [6.45, 7) is 12.2. The summed E-state index contributed by atoms with van der Waals surface area (Å²) in [5, 5.41) is 0. The summed E-state index contributed by atoms with van der Waals surface area (Å²) in [7, 11) is 0. The fraction of sp³-hybridized carbons (Fsp3) is 1.00. The topological polar surface area (TPSA) is 0 Å². The highest BCUT2D eigenvalue weighted by molar-refractivity contribution is 4.61. The third kappa shape index (κ3) is 30.4. The zero-order valence-electron chi connectivity index (χ0n) is 27.2. The molecule has 0 rings (SSSR count). The predicted molar refractivity (Wildman–Crippen MR) is 173 cm³/mol. The van der Waals surface area contributed by atoms with Gasteiger partial charge in [0, 0.05) is 0 Å². The van der Waals surface area contributed by atoms with Gasteiger partial charge in [0.2, 0.25) is 0 Å². The average molecular weight is 521 g/mol. The maximum absolute atomic E-state index is 2.52. The van der Waals surface area contributed by atoms with Crippen molar-refractivity contribution in [2.75, 3.05) is 0 Å². The van der Waals surface area contributed by atoms with E-state index >= 15 is 0 Å². The molecule has 37 heavy (non-hydrogen) atoms. The summed E-state index contributed by atoms with van der Waals surface area (Å²) >= 11 is 0. The molecule has 3 atom stereocenters. The van der Waals surface area contributed by atoms with Crippen LogP contribution in [0.15, 0.2) is 0 Å². The van der Waals surface area contributed by atoms with Gasteiger partial charge >= 0.3 is 0 Å². The molecule has 0 aliphatic rings. The van der Waals surface area contributed by atoms with E-state index in [-0.39, 0.29) is 0 Å². The smallest absolute Gasteiger partial charge is 0.0443 e. The van der Waals surface area contributed by atoms with E-state index in [1.54, 1.807) is 0 Å². The van der Waals surface area contributed by atoms with Crippen molar-refractivity contribution in [1.82, 2.24) is 0 Å². The molecule has 0 aromatic heterocycles. The lowest BCUT2D eigenvalue weighted by Crippen LogP contribution is -2.01. The van der Waals surface area contributed by atoms with Gasteiger partial charge in [-0.3, -0.25) is 0 Å². The molecule has 0 aliphatic carbocycles. The Kier molecular flexibility index (Phi) is 30.5. The first-order chi connectivity index (χ1) is 18.1. The van der Waals surface area contributed by atoms with Crippen LogP contribution in [0.25, 0.3) is 0 Å². The molecule has 0 spiro atoms. The normalized spacial score (nSPS) is 14.2. The second kappa shape index (κ2) is 30.5. The highest BCUT2D eigenvalue weighted by atomic mass is 14.1. The van der Waals surface area contributed by atoms with Gasteiger partial charge in [-0.05, 0) is 17.8 Å². The average Bonchev–Trinajstić information content (AvgIpc) is 2.88. The molecule has 0 fully saturated rings. The van der Waals surface area contributed by atoms with Gasteiger partial charge in [-0.1, -0.05) is 221 Å². The third-order valence-corrected chi connectivity index (χ3v) is 9.14. The molecular formula is C37H76. The molecule has 0 aromatic rings. The Balaban J connectivity index is 3.38. The molecule has 224 valence electrons. The Labute approximate surface area is 238 Å². The molecular weight excluding hydrogens is 444 g/mol. The van der Waals surface area contributed by atoms with Crippen LogP contribution in [-0.4, -0.2) is 0 Å². The summed E-state index contributed by atoms with van der Waals surface area (Å²) in [5.41, 5.74) is 0. The molecule has 0 aliphatic heterocycles. The van der Waals surface area contributed by atoms with E-state index in [9.17, 15) is 0 Å². The largest absolute Gasteiger partial charge is 0.0654 e. The molecule has 0 bridgehead atoms. The van der Waals surface area contributed by atoms with E-state index < -0.39 is 0 Å². The molecule has 0 heteroatoms. The van der Waals surface area contributed by atoms with Crippen molar-refractivity contribution in [1.29, 1.82) is 0 Å². The van der Waals surface area contributed by atoms with Crippen LogP contribution in [-0.2, 0) is 0 Å². The van der Waals surface area contributed by atoms with Gasteiger partial charge in [-0.15, -0.1) is 0 Å². The van der Waals surface area contributed by atoms with Gasteiger partial charge in [0.1, 0.15) is 0 Å². The highest BCUT2D eigenvalue weighted by Gasteiger charge is 2.08. The van der Waals surface area contributed by atoms with Gasteiger partial charge in [-0.25, -0.2) is 0 Å². The lowest BCUT2D eigenvalue weighted by atomic mass is 9.90. The number of unbranched alkanes of at least 4 members (excludes halogenated alkanes) is 19. The molecule has 0 aromatic carbocycles. The summed E-state index contributed by atoms with van der Waals surface area (Å²) in [6, 6.07) is 0. The van der Waals surface area contributed by atoms with Crippen molar-refractivity contribution in [3.8, 4) is 0 Å². The maximum Gasteiger partial charge on any atom is -0.0443 e. The molecule has 0 heterocycles. The Hall–Kier alpha value is 0. The van der Waals surface area contributed by atoms with Crippen LogP contribution < -0.4 is 0 Å². The zero-order valence-corrected chi connectivity index (χ0v) is 27.2. The van der Waals surface area contributed by atoms with Gasteiger partial charge in [0.05, 0.1) is 0 Å². The zero-order chi connectivity index (χ0) is 27.2. The second-order valence-electron chi connectivity index (χ2n) is 13.5. The van der Waals surface area contributed by atoms with Crippen LogP contribution in [0.4, 0.5) is 0 Å². The lowest BCUT2D eigenvalue weighted by molar-refractivity contribution is 0.373. The van der Waals surface area contributed by atoms with Crippen LogP contribution in [0, 0.1) is 17.8 Å². The lowest BCUT2D eigenvalue weighted by Gasteiger charge is -2.16. The standard InChI is InChI=1S/C37H76/c1-6-8-10-12-14-16-18-20-22-24-26-30-36(4)32-28-34-37(5)33-27-31-35(3)29-25-23-21-19-17-15-13-11-9-7-2/h35-37H,6-34H2,1-5H3. The Morgan fingerprint density at radius 2 is 0.432 bits per heavy atom. The van der Waals surface area contributed by atoms with E-state index in [0.717, 1.165) is 17.8 Å². The first-order valence-corrected chi connectivity index (χ1v) is 18.1. The van der Waals surface area contributed by atoms with Crippen LogP contribution in [0.3, 0.4) is 0 Å². The van der Waals surface area contributed by atoms with Crippen molar-refractivity contribution in [3.63, 3.8) is 0 Å². The summed E-state index contributed by atoms with van der Waals surface area (Å²) in [4.78, 5) is 0.